The standard InChI is InChI=1S/C27H34N2O6/c1-5-33-24(30)18-22(23-8-6-7-15-28-23)25(31)19-9-11-20(12-10-19)34-21-13-16-29(17-14-21)26(32)35-27(2,3)4/h6-12,15,21-22H,5,13-14,16-18H2,1-4H3. The van der Waals surface area contributed by atoms with Crippen molar-refractivity contribution in [3.8, 4) is 5.75 Å². The Kier molecular flexibility index (Phi) is 8.84. The van der Waals surface area contributed by atoms with Crippen LogP contribution in [0, 0.1) is 0 Å². The number of piperidine rings is 1. The molecule has 1 unspecified atom stereocenters. The van der Waals surface area contributed by atoms with Crippen molar-refractivity contribution in [2.24, 2.45) is 0 Å². The van der Waals surface area contributed by atoms with Crippen molar-refractivity contribution in [3.63, 3.8) is 0 Å². The van der Waals surface area contributed by atoms with E-state index in [-0.39, 0.29) is 31.0 Å². The smallest absolute Gasteiger partial charge is 0.410 e. The predicted octanol–water partition coefficient (Wildman–Crippen LogP) is 4.78. The first kappa shape index (κ1) is 26.2. The van der Waals surface area contributed by atoms with Crippen molar-refractivity contribution >= 4 is 17.8 Å². The summed E-state index contributed by atoms with van der Waals surface area (Å²) in [6.45, 7) is 8.67. The van der Waals surface area contributed by atoms with Crippen molar-refractivity contribution in [3.05, 3.63) is 59.9 Å². The highest BCUT2D eigenvalue weighted by Crippen LogP contribution is 2.26. The molecule has 2 aromatic rings. The zero-order valence-corrected chi connectivity index (χ0v) is 20.9. The molecule has 2 heterocycles. The second kappa shape index (κ2) is 11.8. The molecule has 1 aromatic heterocycles. The Bertz CT molecular complexity index is 993. The van der Waals surface area contributed by atoms with Gasteiger partial charge in [-0.3, -0.25) is 14.6 Å². The zero-order valence-electron chi connectivity index (χ0n) is 20.9. The van der Waals surface area contributed by atoms with Gasteiger partial charge in [-0.05, 0) is 64.1 Å². The molecule has 0 saturated carbocycles. The SMILES string of the molecule is CCOC(=O)CC(C(=O)c1ccc(OC2CCN(C(=O)OC(C)(C)C)CC2)cc1)c1ccccn1. The number of likely N-dealkylation sites (tertiary alicyclic amines) is 1. The van der Waals surface area contributed by atoms with E-state index in [9.17, 15) is 14.4 Å². The minimum atomic E-state index is -0.723. The molecule has 188 valence electrons. The number of esters is 1. The van der Waals surface area contributed by atoms with Gasteiger partial charge < -0.3 is 19.1 Å². The maximum Gasteiger partial charge on any atom is 0.410 e. The average Bonchev–Trinajstić information content (AvgIpc) is 2.83. The number of carbonyl (C=O) groups is 3. The average molecular weight is 483 g/mol. The van der Waals surface area contributed by atoms with Gasteiger partial charge in [-0.1, -0.05) is 6.07 Å². The lowest BCUT2D eigenvalue weighted by atomic mass is 9.91. The van der Waals surface area contributed by atoms with Crippen LogP contribution in [0.15, 0.2) is 48.7 Å². The molecule has 1 fully saturated rings. The number of Topliss-reactive ketones (excluding diaryl/α,β-unsaturated/α-hetero) is 1. The van der Waals surface area contributed by atoms with Gasteiger partial charge in [0, 0.05) is 37.7 Å². The first-order valence-electron chi connectivity index (χ1n) is 12.0. The van der Waals surface area contributed by atoms with Gasteiger partial charge in [0.2, 0.25) is 0 Å². The molecule has 1 aliphatic rings. The molecule has 1 aliphatic heterocycles. The monoisotopic (exact) mass is 482 g/mol. The van der Waals surface area contributed by atoms with Crippen molar-refractivity contribution in [2.75, 3.05) is 19.7 Å². The van der Waals surface area contributed by atoms with E-state index >= 15 is 0 Å². The Morgan fingerprint density at radius 2 is 1.74 bits per heavy atom. The van der Waals surface area contributed by atoms with Crippen LogP contribution in [-0.2, 0) is 14.3 Å². The molecule has 35 heavy (non-hydrogen) atoms. The van der Waals surface area contributed by atoms with E-state index < -0.39 is 17.5 Å². The van der Waals surface area contributed by atoms with E-state index in [0.29, 0.717) is 42.9 Å². The van der Waals surface area contributed by atoms with Crippen molar-refractivity contribution in [2.45, 2.75) is 64.6 Å². The third-order valence-corrected chi connectivity index (χ3v) is 5.57. The van der Waals surface area contributed by atoms with E-state index in [1.165, 1.54) is 0 Å². The highest BCUT2D eigenvalue weighted by Gasteiger charge is 2.29. The van der Waals surface area contributed by atoms with Crippen LogP contribution in [0.1, 0.15) is 68.9 Å². The lowest BCUT2D eigenvalue weighted by Crippen LogP contribution is -2.44. The summed E-state index contributed by atoms with van der Waals surface area (Å²) in [6, 6.07) is 12.2. The lowest BCUT2D eigenvalue weighted by molar-refractivity contribution is -0.143. The number of aromatic nitrogens is 1. The zero-order chi connectivity index (χ0) is 25.4. The van der Waals surface area contributed by atoms with Gasteiger partial charge in [0.1, 0.15) is 17.5 Å². The summed E-state index contributed by atoms with van der Waals surface area (Å²) in [7, 11) is 0. The van der Waals surface area contributed by atoms with E-state index in [4.69, 9.17) is 14.2 Å². The van der Waals surface area contributed by atoms with Crippen LogP contribution in [0.4, 0.5) is 4.79 Å². The number of ketones is 1. The van der Waals surface area contributed by atoms with Crippen LogP contribution in [0.3, 0.4) is 0 Å². The topological polar surface area (TPSA) is 95.0 Å². The highest BCUT2D eigenvalue weighted by molar-refractivity contribution is 6.02. The number of nitrogens with zero attached hydrogens (tertiary/aromatic N) is 2. The minimum absolute atomic E-state index is 0.0275. The van der Waals surface area contributed by atoms with Gasteiger partial charge in [0.05, 0.1) is 24.6 Å². The predicted molar refractivity (Wildman–Crippen MR) is 130 cm³/mol. The summed E-state index contributed by atoms with van der Waals surface area (Å²) in [4.78, 5) is 43.6. The number of ether oxygens (including phenoxy) is 3. The van der Waals surface area contributed by atoms with Gasteiger partial charge >= 0.3 is 12.1 Å². The van der Waals surface area contributed by atoms with Gasteiger partial charge in [-0.15, -0.1) is 0 Å². The number of rotatable bonds is 8. The number of hydrogen-bond donors (Lipinski definition) is 0. The van der Waals surface area contributed by atoms with Gasteiger partial charge in [-0.2, -0.15) is 0 Å². The molecule has 0 aliphatic carbocycles. The Morgan fingerprint density at radius 3 is 2.31 bits per heavy atom. The van der Waals surface area contributed by atoms with E-state index in [1.807, 2.05) is 20.8 Å². The first-order chi connectivity index (χ1) is 16.7. The van der Waals surface area contributed by atoms with Crippen LogP contribution < -0.4 is 4.74 Å². The summed E-state index contributed by atoms with van der Waals surface area (Å²) in [5, 5.41) is 0. The summed E-state index contributed by atoms with van der Waals surface area (Å²) < 4.78 is 16.6. The molecule has 8 nitrogen and oxygen atoms in total. The first-order valence-corrected chi connectivity index (χ1v) is 12.0. The molecule has 1 amide bonds. The number of amides is 1. The quantitative estimate of drug-likeness (QED) is 0.395. The van der Waals surface area contributed by atoms with Crippen LogP contribution >= 0.6 is 0 Å². The molecule has 3 rings (SSSR count). The maximum absolute atomic E-state index is 13.2. The van der Waals surface area contributed by atoms with Crippen molar-refractivity contribution < 1.29 is 28.6 Å². The second-order valence-electron chi connectivity index (χ2n) is 9.49. The fraction of sp³-hybridized carbons (Fsp3) is 0.481. The van der Waals surface area contributed by atoms with E-state index in [0.717, 1.165) is 0 Å². The molecule has 8 heteroatoms. The fourth-order valence-electron chi connectivity index (χ4n) is 3.87. The third kappa shape index (κ3) is 7.80. The number of carbonyl (C=O) groups excluding carboxylic acids is 3. The van der Waals surface area contributed by atoms with Crippen LogP contribution in [0.2, 0.25) is 0 Å². The molecule has 0 spiro atoms. The Balaban J connectivity index is 1.60. The molecule has 0 N–H and O–H groups in total. The fourth-order valence-corrected chi connectivity index (χ4v) is 3.87. The third-order valence-electron chi connectivity index (χ3n) is 5.57. The van der Waals surface area contributed by atoms with Gasteiger partial charge in [0.25, 0.3) is 0 Å². The molecule has 1 atom stereocenters. The Labute approximate surface area is 206 Å². The molecular weight excluding hydrogens is 448 g/mol. The number of benzene rings is 1. The summed E-state index contributed by atoms with van der Waals surface area (Å²) in [6.07, 6.45) is 2.59. The van der Waals surface area contributed by atoms with Crippen molar-refractivity contribution in [1.29, 1.82) is 0 Å². The maximum atomic E-state index is 13.2. The largest absolute Gasteiger partial charge is 0.490 e. The van der Waals surface area contributed by atoms with Crippen molar-refractivity contribution in [1.82, 2.24) is 9.88 Å². The van der Waals surface area contributed by atoms with E-state index in [1.54, 1.807) is 60.5 Å². The Morgan fingerprint density at radius 1 is 1.06 bits per heavy atom. The molecular formula is C27H34N2O6. The summed E-state index contributed by atoms with van der Waals surface area (Å²) in [5.41, 5.74) is 0.481. The van der Waals surface area contributed by atoms with Crippen LogP contribution in [0.25, 0.3) is 0 Å². The molecule has 1 saturated heterocycles. The minimum Gasteiger partial charge on any atom is -0.490 e. The Hall–Kier alpha value is -3.42. The second-order valence-corrected chi connectivity index (χ2v) is 9.49. The van der Waals surface area contributed by atoms with Gasteiger partial charge in [-0.25, -0.2) is 4.79 Å². The van der Waals surface area contributed by atoms with E-state index in [2.05, 4.69) is 4.98 Å². The summed E-state index contributed by atoms with van der Waals surface area (Å²) >= 11 is 0. The lowest BCUT2D eigenvalue weighted by Gasteiger charge is -2.33. The molecule has 0 radical (unpaired) electrons. The normalized spacial score (nSPS) is 15.3. The van der Waals surface area contributed by atoms with Crippen LogP contribution in [-0.4, -0.2) is 59.1 Å². The van der Waals surface area contributed by atoms with Crippen LogP contribution in [0.5, 0.6) is 5.75 Å². The highest BCUT2D eigenvalue weighted by atomic mass is 16.6. The molecule has 1 aromatic carbocycles. The summed E-state index contributed by atoms with van der Waals surface area (Å²) in [5.74, 6) is -0.709. The number of hydrogen-bond acceptors (Lipinski definition) is 7. The molecule has 0 bridgehead atoms. The number of pyridine rings is 1. The van der Waals surface area contributed by atoms with Gasteiger partial charge in [0.15, 0.2) is 5.78 Å².